The molecule has 0 saturated heterocycles. The zero-order valence-electron chi connectivity index (χ0n) is 12.4. The molecule has 0 bridgehead atoms. The number of rotatable bonds is 3. The van der Waals surface area contributed by atoms with E-state index in [-0.39, 0.29) is 11.5 Å². The van der Waals surface area contributed by atoms with Crippen LogP contribution in [0.3, 0.4) is 0 Å². The maximum absolute atomic E-state index is 8.99. The average molecular weight is 244 g/mol. The van der Waals surface area contributed by atoms with Crippen LogP contribution >= 0.6 is 0 Å². The molecule has 0 radical (unpaired) electrons. The van der Waals surface area contributed by atoms with Crippen molar-refractivity contribution in [1.82, 2.24) is 4.90 Å². The molecular weight excluding hydrogens is 220 g/mol. The van der Waals surface area contributed by atoms with E-state index in [9.17, 15) is 0 Å². The molecule has 1 unspecified atom stereocenters. The van der Waals surface area contributed by atoms with Gasteiger partial charge in [-0.25, -0.2) is 0 Å². The summed E-state index contributed by atoms with van der Waals surface area (Å²) < 4.78 is 0. The molecule has 98 valence electrons. The van der Waals surface area contributed by atoms with Crippen LogP contribution < -0.4 is 0 Å². The Morgan fingerprint density at radius 2 is 1.89 bits per heavy atom. The maximum Gasteiger partial charge on any atom is 0.0641 e. The Morgan fingerprint density at radius 1 is 1.28 bits per heavy atom. The first-order valence-electron chi connectivity index (χ1n) is 6.41. The number of aryl methyl sites for hydroxylation is 1. The number of hydrogen-bond donors (Lipinski definition) is 0. The number of nitriles is 1. The van der Waals surface area contributed by atoms with Gasteiger partial charge >= 0.3 is 0 Å². The summed E-state index contributed by atoms with van der Waals surface area (Å²) in [4.78, 5) is 2.12. The lowest BCUT2D eigenvalue weighted by Crippen LogP contribution is -2.21. The van der Waals surface area contributed by atoms with E-state index >= 15 is 0 Å². The summed E-state index contributed by atoms with van der Waals surface area (Å²) in [6, 6.07) is 9.09. The first kappa shape index (κ1) is 14.7. The molecule has 0 aliphatic heterocycles. The SMILES string of the molecule is Cc1ccc(C(C)(C)C)cc1C(CC#N)N(C)C. The van der Waals surface area contributed by atoms with Crippen molar-refractivity contribution < 1.29 is 0 Å². The molecule has 0 aromatic heterocycles. The van der Waals surface area contributed by atoms with E-state index in [2.05, 4.69) is 56.9 Å². The van der Waals surface area contributed by atoms with Crippen LogP contribution in [0.15, 0.2) is 18.2 Å². The highest BCUT2D eigenvalue weighted by molar-refractivity contribution is 5.36. The highest BCUT2D eigenvalue weighted by Crippen LogP contribution is 2.30. The van der Waals surface area contributed by atoms with Gasteiger partial charge in [0.1, 0.15) is 0 Å². The van der Waals surface area contributed by atoms with Crippen LogP contribution in [0.2, 0.25) is 0 Å². The van der Waals surface area contributed by atoms with Gasteiger partial charge in [-0.1, -0.05) is 39.0 Å². The lowest BCUT2D eigenvalue weighted by molar-refractivity contribution is 0.302. The fourth-order valence-electron chi connectivity index (χ4n) is 2.12. The van der Waals surface area contributed by atoms with Crippen LogP contribution in [-0.2, 0) is 5.41 Å². The van der Waals surface area contributed by atoms with E-state index in [4.69, 9.17) is 5.26 Å². The number of benzene rings is 1. The van der Waals surface area contributed by atoms with E-state index in [0.717, 1.165) is 0 Å². The quantitative estimate of drug-likeness (QED) is 0.808. The summed E-state index contributed by atoms with van der Waals surface area (Å²) in [6.07, 6.45) is 0.529. The van der Waals surface area contributed by atoms with Crippen molar-refractivity contribution in [3.8, 4) is 6.07 Å². The van der Waals surface area contributed by atoms with Crippen molar-refractivity contribution >= 4 is 0 Å². The normalized spacial score (nSPS) is 13.4. The van der Waals surface area contributed by atoms with Crippen LogP contribution in [0.4, 0.5) is 0 Å². The third-order valence-electron chi connectivity index (χ3n) is 3.41. The Morgan fingerprint density at radius 3 is 2.33 bits per heavy atom. The molecule has 2 nitrogen and oxygen atoms in total. The summed E-state index contributed by atoms with van der Waals surface area (Å²) >= 11 is 0. The van der Waals surface area contributed by atoms with Crippen LogP contribution in [0.1, 0.15) is 49.9 Å². The molecule has 1 aromatic rings. The summed E-state index contributed by atoms with van der Waals surface area (Å²) in [6.45, 7) is 8.78. The lowest BCUT2D eigenvalue weighted by atomic mass is 9.84. The van der Waals surface area contributed by atoms with Gasteiger partial charge in [-0.15, -0.1) is 0 Å². The topological polar surface area (TPSA) is 27.0 Å². The lowest BCUT2D eigenvalue weighted by Gasteiger charge is -2.27. The summed E-state index contributed by atoms with van der Waals surface area (Å²) in [5.41, 5.74) is 4.00. The fourth-order valence-corrected chi connectivity index (χ4v) is 2.12. The van der Waals surface area contributed by atoms with Gasteiger partial charge in [0.25, 0.3) is 0 Å². The molecular formula is C16H24N2. The van der Waals surface area contributed by atoms with Crippen LogP contribution in [0, 0.1) is 18.3 Å². The highest BCUT2D eigenvalue weighted by Gasteiger charge is 2.20. The predicted octanol–water partition coefficient (Wildman–Crippen LogP) is 3.81. The molecule has 0 aliphatic carbocycles. The van der Waals surface area contributed by atoms with E-state index in [1.807, 2.05) is 14.1 Å². The molecule has 18 heavy (non-hydrogen) atoms. The zero-order chi connectivity index (χ0) is 13.9. The standard InChI is InChI=1S/C16H24N2/c1-12-7-8-13(16(2,3)4)11-14(12)15(9-10-17)18(5)6/h7-8,11,15H,9H2,1-6H3. The maximum atomic E-state index is 8.99. The van der Waals surface area contributed by atoms with Crippen molar-refractivity contribution in [1.29, 1.82) is 5.26 Å². The molecule has 0 fully saturated rings. The summed E-state index contributed by atoms with van der Waals surface area (Å²) in [5, 5.41) is 8.99. The van der Waals surface area contributed by atoms with Crippen molar-refractivity contribution in [3.05, 3.63) is 34.9 Å². The second-order valence-corrected chi connectivity index (χ2v) is 6.16. The van der Waals surface area contributed by atoms with Gasteiger partial charge in [0, 0.05) is 6.04 Å². The molecule has 1 aromatic carbocycles. The van der Waals surface area contributed by atoms with Crippen molar-refractivity contribution in [3.63, 3.8) is 0 Å². The molecule has 0 N–H and O–H groups in total. The summed E-state index contributed by atoms with van der Waals surface area (Å²) in [7, 11) is 4.07. The third kappa shape index (κ3) is 3.34. The molecule has 0 amide bonds. The third-order valence-corrected chi connectivity index (χ3v) is 3.41. The second-order valence-electron chi connectivity index (χ2n) is 6.16. The van der Waals surface area contributed by atoms with Crippen molar-refractivity contribution in [2.24, 2.45) is 0 Å². The van der Waals surface area contributed by atoms with E-state index in [1.165, 1.54) is 16.7 Å². The highest BCUT2D eigenvalue weighted by atomic mass is 15.1. The van der Waals surface area contributed by atoms with Gasteiger partial charge in [0.2, 0.25) is 0 Å². The number of nitrogens with zero attached hydrogens (tertiary/aromatic N) is 2. The zero-order valence-corrected chi connectivity index (χ0v) is 12.4. The Balaban J connectivity index is 3.26. The van der Waals surface area contributed by atoms with E-state index in [1.54, 1.807) is 0 Å². The minimum atomic E-state index is 0.145. The van der Waals surface area contributed by atoms with E-state index in [0.29, 0.717) is 6.42 Å². The van der Waals surface area contributed by atoms with Gasteiger partial charge < -0.3 is 4.90 Å². The molecule has 1 rings (SSSR count). The molecule has 1 atom stereocenters. The van der Waals surface area contributed by atoms with Crippen molar-refractivity contribution in [2.45, 2.75) is 45.6 Å². The Bertz CT molecular complexity index is 447. The molecule has 0 heterocycles. The Labute approximate surface area is 111 Å². The first-order chi connectivity index (χ1) is 8.27. The fraction of sp³-hybridized carbons (Fsp3) is 0.562. The van der Waals surface area contributed by atoms with Crippen molar-refractivity contribution in [2.75, 3.05) is 14.1 Å². The Kier molecular flexibility index (Phi) is 4.53. The second kappa shape index (κ2) is 5.54. The van der Waals surface area contributed by atoms with Crippen LogP contribution in [-0.4, -0.2) is 19.0 Å². The predicted molar refractivity (Wildman–Crippen MR) is 76.5 cm³/mol. The first-order valence-corrected chi connectivity index (χ1v) is 6.41. The van der Waals surface area contributed by atoms with Gasteiger partial charge in [0.15, 0.2) is 0 Å². The molecule has 0 aliphatic rings. The number of hydrogen-bond acceptors (Lipinski definition) is 2. The van der Waals surface area contributed by atoms with E-state index < -0.39 is 0 Å². The largest absolute Gasteiger partial charge is 0.301 e. The molecule has 0 spiro atoms. The monoisotopic (exact) mass is 244 g/mol. The Hall–Kier alpha value is -1.33. The summed E-state index contributed by atoms with van der Waals surface area (Å²) in [5.74, 6) is 0. The molecule has 2 heteroatoms. The van der Waals surface area contributed by atoms with Gasteiger partial charge in [-0.3, -0.25) is 0 Å². The van der Waals surface area contributed by atoms with Gasteiger partial charge in [-0.05, 0) is 43.1 Å². The minimum Gasteiger partial charge on any atom is -0.301 e. The van der Waals surface area contributed by atoms with Gasteiger partial charge in [0.05, 0.1) is 12.5 Å². The molecule has 0 saturated carbocycles. The van der Waals surface area contributed by atoms with Gasteiger partial charge in [-0.2, -0.15) is 5.26 Å². The smallest absolute Gasteiger partial charge is 0.0641 e. The minimum absolute atomic E-state index is 0.145. The average Bonchev–Trinajstić information content (AvgIpc) is 2.25. The van der Waals surface area contributed by atoms with Crippen LogP contribution in [0.25, 0.3) is 0 Å². The van der Waals surface area contributed by atoms with Crippen LogP contribution in [0.5, 0.6) is 0 Å².